The Balaban J connectivity index is 1.79. The van der Waals surface area contributed by atoms with Crippen LogP contribution in [0.3, 0.4) is 0 Å². The molecular weight excluding hydrogens is 355 g/mol. The van der Waals surface area contributed by atoms with Gasteiger partial charge >= 0.3 is 18.6 Å². The molecular formula is C16H20F3N3O4. The number of hydrogen-bond acceptors (Lipinski definition) is 4. The van der Waals surface area contributed by atoms with Gasteiger partial charge in [-0.1, -0.05) is 6.92 Å². The maximum absolute atomic E-state index is 13.6. The van der Waals surface area contributed by atoms with Crippen molar-refractivity contribution in [1.29, 1.82) is 0 Å². The molecule has 0 radical (unpaired) electrons. The van der Waals surface area contributed by atoms with Crippen LogP contribution >= 0.6 is 0 Å². The second kappa shape index (κ2) is 8.75. The van der Waals surface area contributed by atoms with Gasteiger partial charge in [-0.25, -0.2) is 9.18 Å². The molecule has 0 heterocycles. The number of urea groups is 1. The fraction of sp³-hybridized carbons (Fsp3) is 0.500. The van der Waals surface area contributed by atoms with Crippen LogP contribution in [0.2, 0.25) is 0 Å². The third-order valence-corrected chi connectivity index (χ3v) is 4.12. The number of halogens is 3. The van der Waals surface area contributed by atoms with Crippen LogP contribution in [0.1, 0.15) is 19.8 Å². The van der Waals surface area contributed by atoms with E-state index in [2.05, 4.69) is 15.4 Å². The van der Waals surface area contributed by atoms with Gasteiger partial charge in [0.05, 0.1) is 6.54 Å². The second-order valence-electron chi connectivity index (χ2n) is 5.90. The number of carboxylic acid groups (broad SMARTS) is 1. The van der Waals surface area contributed by atoms with Gasteiger partial charge in [0.15, 0.2) is 11.6 Å². The van der Waals surface area contributed by atoms with Crippen LogP contribution in [0, 0.1) is 5.82 Å². The number of alkyl halides is 2. The topological polar surface area (TPSA) is 90.9 Å². The van der Waals surface area contributed by atoms with Crippen molar-refractivity contribution in [3.05, 3.63) is 24.0 Å². The molecule has 1 aliphatic rings. The quantitative estimate of drug-likeness (QED) is 0.649. The number of nitrogens with one attached hydrogen (secondary N) is 2. The molecule has 0 atom stereocenters. The zero-order chi connectivity index (χ0) is 19.3. The van der Waals surface area contributed by atoms with Crippen molar-refractivity contribution in [3.63, 3.8) is 0 Å². The molecule has 2 amide bonds. The van der Waals surface area contributed by atoms with Gasteiger partial charge in [0.25, 0.3) is 0 Å². The van der Waals surface area contributed by atoms with E-state index in [9.17, 15) is 22.8 Å². The molecule has 7 nitrogen and oxygen atoms in total. The van der Waals surface area contributed by atoms with Crippen LogP contribution in [0.25, 0.3) is 0 Å². The van der Waals surface area contributed by atoms with Crippen molar-refractivity contribution in [2.45, 2.75) is 38.5 Å². The molecule has 1 aliphatic carbocycles. The fourth-order valence-corrected chi connectivity index (χ4v) is 2.80. The summed E-state index contributed by atoms with van der Waals surface area (Å²) in [5.74, 6) is -2.52. The summed E-state index contributed by atoms with van der Waals surface area (Å²) in [5.41, 5.74) is 0.0959. The highest BCUT2D eigenvalue weighted by molar-refractivity contribution is 5.89. The first-order chi connectivity index (χ1) is 12.3. The summed E-state index contributed by atoms with van der Waals surface area (Å²) in [5, 5.41) is 14.0. The van der Waals surface area contributed by atoms with Gasteiger partial charge in [0.2, 0.25) is 0 Å². The zero-order valence-electron chi connectivity index (χ0n) is 14.0. The van der Waals surface area contributed by atoms with Crippen LogP contribution in [-0.2, 0) is 4.79 Å². The molecule has 1 aromatic rings. The molecule has 2 rings (SSSR count). The molecule has 3 N–H and O–H groups in total. The van der Waals surface area contributed by atoms with E-state index in [1.807, 2.05) is 11.8 Å². The summed E-state index contributed by atoms with van der Waals surface area (Å²) in [6.45, 7) is -0.719. The molecule has 1 aromatic carbocycles. The van der Waals surface area contributed by atoms with E-state index in [0.29, 0.717) is 19.4 Å². The Morgan fingerprint density at radius 2 is 2.08 bits per heavy atom. The molecule has 144 valence electrons. The van der Waals surface area contributed by atoms with E-state index in [-0.39, 0.29) is 24.3 Å². The predicted octanol–water partition coefficient (Wildman–Crippen LogP) is 2.49. The molecule has 0 spiro atoms. The molecule has 26 heavy (non-hydrogen) atoms. The lowest BCUT2D eigenvalue weighted by atomic mass is 9.85. The zero-order valence-corrected chi connectivity index (χ0v) is 14.0. The van der Waals surface area contributed by atoms with Crippen molar-refractivity contribution >= 4 is 17.7 Å². The standard InChI is InChI=1S/C16H20F3N3O4/c1-2-22(8-14(23)24)11-5-10(6-11)21-16(25)20-9-3-4-13(12(17)7-9)26-15(18)19/h3-4,7,10-11,15H,2,5-6,8H2,1H3,(H,23,24)(H2,20,21,25). The first-order valence-electron chi connectivity index (χ1n) is 8.06. The van der Waals surface area contributed by atoms with Crippen LogP contribution in [-0.4, -0.2) is 53.8 Å². The molecule has 1 fully saturated rings. The van der Waals surface area contributed by atoms with Gasteiger partial charge in [0, 0.05) is 23.8 Å². The molecule has 10 heteroatoms. The summed E-state index contributed by atoms with van der Waals surface area (Å²) in [6, 6.07) is 2.54. The smallest absolute Gasteiger partial charge is 0.387 e. The van der Waals surface area contributed by atoms with E-state index in [1.54, 1.807) is 0 Å². The average molecular weight is 375 g/mol. The summed E-state index contributed by atoms with van der Waals surface area (Å²) in [4.78, 5) is 24.5. The first-order valence-corrected chi connectivity index (χ1v) is 8.06. The Labute approximate surface area is 148 Å². The van der Waals surface area contributed by atoms with Gasteiger partial charge in [-0.3, -0.25) is 9.69 Å². The molecule has 0 saturated heterocycles. The minimum Gasteiger partial charge on any atom is -0.480 e. The van der Waals surface area contributed by atoms with Crippen molar-refractivity contribution in [1.82, 2.24) is 10.2 Å². The van der Waals surface area contributed by atoms with E-state index >= 15 is 0 Å². The highest BCUT2D eigenvalue weighted by Gasteiger charge is 2.34. The third kappa shape index (κ3) is 5.51. The summed E-state index contributed by atoms with van der Waals surface area (Å²) >= 11 is 0. The normalized spacial score (nSPS) is 19.2. The Bertz CT molecular complexity index is 654. The van der Waals surface area contributed by atoms with Gasteiger partial charge < -0.3 is 20.5 Å². The summed E-state index contributed by atoms with van der Waals surface area (Å²) in [6.07, 6.45) is 1.23. The van der Waals surface area contributed by atoms with Crippen LogP contribution in [0.5, 0.6) is 5.75 Å². The van der Waals surface area contributed by atoms with Gasteiger partial charge in [-0.15, -0.1) is 0 Å². The lowest BCUT2D eigenvalue weighted by Crippen LogP contribution is -2.55. The molecule has 1 saturated carbocycles. The van der Waals surface area contributed by atoms with Gasteiger partial charge in [0.1, 0.15) is 0 Å². The third-order valence-electron chi connectivity index (χ3n) is 4.12. The first kappa shape index (κ1) is 19.8. The van der Waals surface area contributed by atoms with Crippen LogP contribution < -0.4 is 15.4 Å². The van der Waals surface area contributed by atoms with Crippen molar-refractivity contribution < 1.29 is 32.6 Å². The maximum atomic E-state index is 13.6. The number of carboxylic acids is 1. The van der Waals surface area contributed by atoms with E-state index in [1.165, 1.54) is 6.07 Å². The number of carbonyl (C=O) groups excluding carboxylic acids is 1. The minimum absolute atomic E-state index is 0.0492. The minimum atomic E-state index is -3.14. The number of anilines is 1. The number of amides is 2. The van der Waals surface area contributed by atoms with Crippen molar-refractivity contribution in [2.24, 2.45) is 0 Å². The number of nitrogens with zero attached hydrogens (tertiary/aromatic N) is 1. The monoisotopic (exact) mass is 375 g/mol. The van der Waals surface area contributed by atoms with E-state index < -0.39 is 30.2 Å². The number of hydrogen-bond donors (Lipinski definition) is 3. The number of carbonyl (C=O) groups is 2. The largest absolute Gasteiger partial charge is 0.480 e. The maximum Gasteiger partial charge on any atom is 0.387 e. The van der Waals surface area contributed by atoms with Crippen molar-refractivity contribution in [3.8, 4) is 5.75 Å². The Morgan fingerprint density at radius 1 is 1.38 bits per heavy atom. The highest BCUT2D eigenvalue weighted by Crippen LogP contribution is 2.26. The Kier molecular flexibility index (Phi) is 6.67. The summed E-state index contributed by atoms with van der Waals surface area (Å²) < 4.78 is 41.7. The predicted molar refractivity (Wildman–Crippen MR) is 86.9 cm³/mol. The number of rotatable bonds is 8. The molecule has 0 aliphatic heterocycles. The van der Waals surface area contributed by atoms with Crippen LogP contribution in [0.15, 0.2) is 18.2 Å². The SMILES string of the molecule is CCN(CC(=O)O)C1CC(NC(=O)Nc2ccc(OC(F)F)c(F)c2)C1. The number of likely N-dealkylation sites (N-methyl/N-ethyl adjacent to an activating group) is 1. The second-order valence-corrected chi connectivity index (χ2v) is 5.90. The molecule has 0 bridgehead atoms. The van der Waals surface area contributed by atoms with Gasteiger partial charge in [-0.05, 0) is 31.5 Å². The van der Waals surface area contributed by atoms with Crippen molar-refractivity contribution in [2.75, 3.05) is 18.4 Å². The fourth-order valence-electron chi connectivity index (χ4n) is 2.80. The average Bonchev–Trinajstić information content (AvgIpc) is 2.50. The molecule has 0 unspecified atom stereocenters. The van der Waals surface area contributed by atoms with Crippen LogP contribution in [0.4, 0.5) is 23.7 Å². The number of ether oxygens (including phenoxy) is 1. The highest BCUT2D eigenvalue weighted by atomic mass is 19.3. The summed E-state index contributed by atoms with van der Waals surface area (Å²) in [7, 11) is 0. The Hall–Kier alpha value is -2.49. The lowest BCUT2D eigenvalue weighted by Gasteiger charge is -2.42. The number of aliphatic carboxylic acids is 1. The van der Waals surface area contributed by atoms with Gasteiger partial charge in [-0.2, -0.15) is 8.78 Å². The number of benzene rings is 1. The van der Waals surface area contributed by atoms with E-state index in [0.717, 1.165) is 12.1 Å². The van der Waals surface area contributed by atoms with E-state index in [4.69, 9.17) is 5.11 Å². The lowest BCUT2D eigenvalue weighted by molar-refractivity contribution is -0.139. The Morgan fingerprint density at radius 3 is 2.62 bits per heavy atom. The molecule has 0 aromatic heterocycles.